The van der Waals surface area contributed by atoms with Crippen LogP contribution >= 0.6 is 0 Å². The monoisotopic (exact) mass is 470 g/mol. The van der Waals surface area contributed by atoms with Crippen molar-refractivity contribution in [1.29, 1.82) is 0 Å². The zero-order chi connectivity index (χ0) is 23.6. The lowest BCUT2D eigenvalue weighted by molar-refractivity contribution is -0.119. The van der Waals surface area contributed by atoms with Crippen molar-refractivity contribution in [2.24, 2.45) is 0 Å². The number of fused-ring (bicyclic) bond motifs is 1. The number of aryl methyl sites for hydroxylation is 2. The molecule has 1 amide bonds. The second kappa shape index (κ2) is 9.27. The van der Waals surface area contributed by atoms with Gasteiger partial charge in [-0.25, -0.2) is 13.4 Å². The summed E-state index contributed by atoms with van der Waals surface area (Å²) >= 11 is 0. The summed E-state index contributed by atoms with van der Waals surface area (Å²) < 4.78 is 42.1. The fraction of sp³-hybridized carbons (Fsp3) is 0.333. The molecule has 1 aliphatic rings. The van der Waals surface area contributed by atoms with Gasteiger partial charge in [0, 0.05) is 5.56 Å². The van der Waals surface area contributed by atoms with E-state index in [0.29, 0.717) is 42.1 Å². The highest BCUT2D eigenvalue weighted by Gasteiger charge is 2.23. The maximum Gasteiger partial charge on any atom is 0.235 e. The molecule has 0 spiro atoms. The topological polar surface area (TPSA) is 108 Å². The first kappa shape index (κ1) is 22.8. The minimum absolute atomic E-state index is 0.304. The smallest absolute Gasteiger partial charge is 0.235 e. The third-order valence-corrected chi connectivity index (χ3v) is 6.76. The molecule has 0 unspecified atom stereocenters. The van der Waals surface area contributed by atoms with Crippen LogP contribution in [0.25, 0.3) is 11.5 Å². The molecule has 1 aromatic heterocycles. The standard InChI is InChI=1S/C24H26N2O6S/c1-15-4-6-18(7-5-15)24-26-20(17(3)32-24)13-33(28,29)14-23(27)25-16(2)19-8-9-21-22(12-19)31-11-10-30-21/h4-9,12,16H,10-11,13-14H2,1-3H3,(H,25,27)/t16-/m1/s1. The summed E-state index contributed by atoms with van der Waals surface area (Å²) in [5, 5.41) is 2.74. The second-order valence-electron chi connectivity index (χ2n) is 8.11. The van der Waals surface area contributed by atoms with Gasteiger partial charge in [0.1, 0.15) is 24.7 Å². The largest absolute Gasteiger partial charge is 0.486 e. The predicted octanol–water partition coefficient (Wildman–Crippen LogP) is 3.52. The van der Waals surface area contributed by atoms with Gasteiger partial charge in [0.2, 0.25) is 11.8 Å². The number of ether oxygens (including phenoxy) is 2. The van der Waals surface area contributed by atoms with Gasteiger partial charge in [0.05, 0.1) is 17.5 Å². The van der Waals surface area contributed by atoms with Gasteiger partial charge in [-0.1, -0.05) is 23.8 Å². The minimum atomic E-state index is -3.75. The van der Waals surface area contributed by atoms with Crippen LogP contribution in [-0.4, -0.2) is 38.3 Å². The normalized spacial score (nSPS) is 14.0. The van der Waals surface area contributed by atoms with Gasteiger partial charge in [-0.2, -0.15) is 0 Å². The summed E-state index contributed by atoms with van der Waals surface area (Å²) in [4.78, 5) is 16.8. The van der Waals surface area contributed by atoms with E-state index in [-0.39, 0.29) is 5.75 Å². The van der Waals surface area contributed by atoms with Crippen molar-refractivity contribution >= 4 is 15.7 Å². The van der Waals surface area contributed by atoms with E-state index in [2.05, 4.69) is 10.3 Å². The average molecular weight is 471 g/mol. The Bertz CT molecular complexity index is 1260. The van der Waals surface area contributed by atoms with Gasteiger partial charge in [0.25, 0.3) is 0 Å². The number of aromatic nitrogens is 1. The van der Waals surface area contributed by atoms with Crippen molar-refractivity contribution in [1.82, 2.24) is 10.3 Å². The number of nitrogens with one attached hydrogen (secondary N) is 1. The zero-order valence-corrected chi connectivity index (χ0v) is 19.6. The van der Waals surface area contributed by atoms with Crippen molar-refractivity contribution in [3.63, 3.8) is 0 Å². The van der Waals surface area contributed by atoms with Crippen molar-refractivity contribution < 1.29 is 27.1 Å². The molecule has 33 heavy (non-hydrogen) atoms. The van der Waals surface area contributed by atoms with Gasteiger partial charge >= 0.3 is 0 Å². The van der Waals surface area contributed by atoms with Crippen molar-refractivity contribution in [2.45, 2.75) is 32.6 Å². The molecule has 0 fully saturated rings. The van der Waals surface area contributed by atoms with Crippen LogP contribution < -0.4 is 14.8 Å². The molecule has 1 atom stereocenters. The summed E-state index contributed by atoms with van der Waals surface area (Å²) in [7, 11) is -3.75. The number of hydrogen-bond donors (Lipinski definition) is 1. The molecule has 4 rings (SSSR count). The van der Waals surface area contributed by atoms with E-state index in [1.165, 1.54) is 0 Å². The Balaban J connectivity index is 1.39. The summed E-state index contributed by atoms with van der Waals surface area (Å²) in [5.41, 5.74) is 2.96. The number of benzene rings is 2. The summed E-state index contributed by atoms with van der Waals surface area (Å²) in [6.45, 7) is 6.38. The highest BCUT2D eigenvalue weighted by atomic mass is 32.2. The number of amides is 1. The lowest BCUT2D eigenvalue weighted by Gasteiger charge is -2.21. The molecule has 9 heteroatoms. The number of nitrogens with zero attached hydrogens (tertiary/aromatic N) is 1. The SMILES string of the molecule is Cc1ccc(-c2nc(CS(=O)(=O)CC(=O)N[C@H](C)c3ccc4c(c3)OCCO4)c(C)o2)cc1. The Hall–Kier alpha value is -3.33. The van der Waals surface area contributed by atoms with Crippen LogP contribution in [0.15, 0.2) is 46.9 Å². The maximum atomic E-state index is 12.7. The highest BCUT2D eigenvalue weighted by molar-refractivity contribution is 7.91. The predicted molar refractivity (Wildman–Crippen MR) is 123 cm³/mol. The number of oxazole rings is 1. The number of rotatable bonds is 7. The van der Waals surface area contributed by atoms with Crippen LogP contribution in [0.4, 0.5) is 0 Å². The Morgan fingerprint density at radius 1 is 1.06 bits per heavy atom. The molecule has 3 aromatic rings. The maximum absolute atomic E-state index is 12.7. The van der Waals surface area contributed by atoms with Crippen LogP contribution in [0.5, 0.6) is 11.5 Å². The molecular weight excluding hydrogens is 444 g/mol. The fourth-order valence-corrected chi connectivity index (χ4v) is 4.81. The summed E-state index contributed by atoms with van der Waals surface area (Å²) in [6.07, 6.45) is 0. The fourth-order valence-electron chi connectivity index (χ4n) is 3.54. The molecule has 0 saturated carbocycles. The quantitative estimate of drug-likeness (QED) is 0.563. The van der Waals surface area contributed by atoms with Crippen LogP contribution in [-0.2, 0) is 20.4 Å². The Kier molecular flexibility index (Phi) is 6.42. The molecule has 0 saturated heterocycles. The van der Waals surface area contributed by atoms with E-state index < -0.39 is 27.5 Å². The molecule has 1 aliphatic heterocycles. The van der Waals surface area contributed by atoms with Gasteiger partial charge in [-0.05, 0) is 50.6 Å². The first-order valence-corrected chi connectivity index (χ1v) is 12.4. The Morgan fingerprint density at radius 2 is 1.76 bits per heavy atom. The average Bonchev–Trinajstić information content (AvgIpc) is 3.12. The van der Waals surface area contributed by atoms with E-state index in [1.54, 1.807) is 26.0 Å². The Labute approximate surface area is 192 Å². The second-order valence-corrected chi connectivity index (χ2v) is 10.2. The van der Waals surface area contributed by atoms with Crippen molar-refractivity contribution in [2.75, 3.05) is 19.0 Å². The van der Waals surface area contributed by atoms with Crippen molar-refractivity contribution in [3.05, 3.63) is 65.0 Å². The van der Waals surface area contributed by atoms with Crippen LogP contribution in [0.1, 0.15) is 35.5 Å². The van der Waals surface area contributed by atoms with E-state index in [1.807, 2.05) is 37.3 Å². The molecule has 2 heterocycles. The first-order valence-electron chi connectivity index (χ1n) is 10.6. The molecule has 2 aromatic carbocycles. The Morgan fingerprint density at radius 3 is 2.48 bits per heavy atom. The molecule has 0 bridgehead atoms. The number of sulfone groups is 1. The third-order valence-electron chi connectivity index (χ3n) is 5.34. The van der Waals surface area contributed by atoms with Gasteiger partial charge in [0.15, 0.2) is 21.3 Å². The number of carbonyl (C=O) groups is 1. The van der Waals surface area contributed by atoms with Crippen molar-refractivity contribution in [3.8, 4) is 23.0 Å². The molecular formula is C24H26N2O6S. The van der Waals surface area contributed by atoms with Crippen LogP contribution in [0, 0.1) is 13.8 Å². The molecule has 0 radical (unpaired) electrons. The third kappa shape index (κ3) is 5.54. The molecule has 1 N–H and O–H groups in total. The molecule has 0 aliphatic carbocycles. The lowest BCUT2D eigenvalue weighted by atomic mass is 10.1. The van der Waals surface area contributed by atoms with Crippen LogP contribution in [0.3, 0.4) is 0 Å². The van der Waals surface area contributed by atoms with Gasteiger partial charge in [-0.3, -0.25) is 4.79 Å². The van der Waals surface area contributed by atoms with E-state index in [9.17, 15) is 13.2 Å². The van der Waals surface area contributed by atoms with E-state index in [0.717, 1.165) is 16.7 Å². The molecule has 174 valence electrons. The number of hydrogen-bond acceptors (Lipinski definition) is 7. The first-order chi connectivity index (χ1) is 15.7. The lowest BCUT2D eigenvalue weighted by Crippen LogP contribution is -2.33. The van der Waals surface area contributed by atoms with Gasteiger partial charge in [-0.15, -0.1) is 0 Å². The summed E-state index contributed by atoms with van der Waals surface area (Å²) in [6, 6.07) is 12.6. The van der Waals surface area contributed by atoms with E-state index in [4.69, 9.17) is 13.9 Å². The minimum Gasteiger partial charge on any atom is -0.486 e. The molecule has 8 nitrogen and oxygen atoms in total. The zero-order valence-electron chi connectivity index (χ0n) is 18.8. The van der Waals surface area contributed by atoms with E-state index >= 15 is 0 Å². The number of carbonyl (C=O) groups excluding carboxylic acids is 1. The van der Waals surface area contributed by atoms with Gasteiger partial charge < -0.3 is 19.2 Å². The van der Waals surface area contributed by atoms with Crippen LogP contribution in [0.2, 0.25) is 0 Å². The highest BCUT2D eigenvalue weighted by Crippen LogP contribution is 2.32. The summed E-state index contributed by atoms with van der Waals surface area (Å²) in [5.74, 6) is 0.428.